The number of hydrogen-bond acceptors (Lipinski definition) is 4. The number of carbonyl (C=O) groups is 1. The molecule has 0 radical (unpaired) electrons. The van der Waals surface area contributed by atoms with Crippen LogP contribution in [0.1, 0.15) is 41.2 Å². The van der Waals surface area contributed by atoms with Crippen LogP contribution in [-0.2, 0) is 4.74 Å². The topological polar surface area (TPSA) is 32.8 Å². The van der Waals surface area contributed by atoms with Crippen LogP contribution in [0.15, 0.2) is 60.7 Å². The van der Waals surface area contributed by atoms with Crippen molar-refractivity contribution in [2.24, 2.45) is 0 Å². The highest BCUT2D eigenvalue weighted by Gasteiger charge is 2.39. The van der Waals surface area contributed by atoms with Gasteiger partial charge in [-0.2, -0.15) is 0 Å². The van der Waals surface area contributed by atoms with Gasteiger partial charge < -0.3 is 4.74 Å². The summed E-state index contributed by atoms with van der Waals surface area (Å²) >= 11 is 0. The molecule has 2 atom stereocenters. The first-order chi connectivity index (χ1) is 13.8. The second-order valence-electron chi connectivity index (χ2n) is 7.78. The lowest BCUT2D eigenvalue weighted by atomic mass is 9.88. The van der Waals surface area contributed by atoms with E-state index in [0.717, 1.165) is 45.0 Å². The SMILES string of the molecule is O=C(c1ccccc1)[C@@H]([C@H](c1ccccc1)N1CCOCC1)N1CCCCC1. The zero-order valence-corrected chi connectivity index (χ0v) is 16.5. The third kappa shape index (κ3) is 4.35. The summed E-state index contributed by atoms with van der Waals surface area (Å²) in [6.07, 6.45) is 3.60. The molecule has 0 aromatic heterocycles. The van der Waals surface area contributed by atoms with Crippen LogP contribution in [0.3, 0.4) is 0 Å². The van der Waals surface area contributed by atoms with Crippen LogP contribution in [0.25, 0.3) is 0 Å². The van der Waals surface area contributed by atoms with Gasteiger partial charge >= 0.3 is 0 Å². The highest BCUT2D eigenvalue weighted by atomic mass is 16.5. The maximum absolute atomic E-state index is 13.8. The molecule has 0 amide bonds. The Bertz CT molecular complexity index is 738. The van der Waals surface area contributed by atoms with E-state index in [-0.39, 0.29) is 17.9 Å². The second-order valence-corrected chi connectivity index (χ2v) is 7.78. The highest BCUT2D eigenvalue weighted by Crippen LogP contribution is 2.32. The number of benzene rings is 2. The monoisotopic (exact) mass is 378 g/mol. The molecule has 2 fully saturated rings. The van der Waals surface area contributed by atoms with Gasteiger partial charge in [-0.05, 0) is 31.5 Å². The first-order valence-electron chi connectivity index (χ1n) is 10.5. The first kappa shape index (κ1) is 19.3. The lowest BCUT2D eigenvalue weighted by molar-refractivity contribution is -0.00990. The molecule has 4 nitrogen and oxygen atoms in total. The van der Waals surface area contributed by atoms with Crippen molar-refractivity contribution in [2.45, 2.75) is 31.3 Å². The third-order valence-electron chi connectivity index (χ3n) is 5.99. The van der Waals surface area contributed by atoms with E-state index >= 15 is 0 Å². The van der Waals surface area contributed by atoms with Gasteiger partial charge in [-0.1, -0.05) is 67.1 Å². The molecule has 2 saturated heterocycles. The van der Waals surface area contributed by atoms with Gasteiger partial charge in [0.15, 0.2) is 5.78 Å². The van der Waals surface area contributed by atoms with Crippen LogP contribution in [-0.4, -0.2) is 61.0 Å². The highest BCUT2D eigenvalue weighted by molar-refractivity contribution is 6.00. The molecular weight excluding hydrogens is 348 g/mol. The molecule has 0 saturated carbocycles. The molecule has 2 aliphatic heterocycles. The number of ether oxygens (including phenoxy) is 1. The predicted octanol–water partition coefficient (Wildman–Crippen LogP) is 3.80. The van der Waals surface area contributed by atoms with Crippen LogP contribution >= 0.6 is 0 Å². The predicted molar refractivity (Wildman–Crippen MR) is 112 cm³/mol. The van der Waals surface area contributed by atoms with Crippen LogP contribution < -0.4 is 0 Å². The summed E-state index contributed by atoms with van der Waals surface area (Å²) in [5.74, 6) is 0.239. The van der Waals surface area contributed by atoms with Gasteiger partial charge in [-0.15, -0.1) is 0 Å². The number of carbonyl (C=O) groups excluding carboxylic acids is 1. The summed E-state index contributed by atoms with van der Waals surface area (Å²) in [6, 6.07) is 20.3. The normalized spacial score (nSPS) is 21.1. The molecule has 0 spiro atoms. The van der Waals surface area contributed by atoms with E-state index in [1.165, 1.54) is 24.8 Å². The number of nitrogens with zero attached hydrogens (tertiary/aromatic N) is 2. The van der Waals surface area contributed by atoms with E-state index in [9.17, 15) is 4.79 Å². The fourth-order valence-electron chi connectivity index (χ4n) is 4.58. The van der Waals surface area contributed by atoms with Gasteiger partial charge in [0.2, 0.25) is 0 Å². The van der Waals surface area contributed by atoms with Crippen molar-refractivity contribution in [2.75, 3.05) is 39.4 Å². The van der Waals surface area contributed by atoms with Gasteiger partial charge in [0.05, 0.1) is 25.3 Å². The number of hydrogen-bond donors (Lipinski definition) is 0. The van der Waals surface area contributed by atoms with Gasteiger partial charge in [0.1, 0.15) is 0 Å². The molecule has 0 aliphatic carbocycles. The Morgan fingerprint density at radius 1 is 0.750 bits per heavy atom. The summed E-state index contributed by atoms with van der Waals surface area (Å²) in [4.78, 5) is 18.7. The number of rotatable bonds is 6. The van der Waals surface area contributed by atoms with Crippen LogP contribution in [0, 0.1) is 0 Å². The molecule has 2 heterocycles. The molecule has 0 bridgehead atoms. The Labute approximate surface area is 168 Å². The molecule has 4 rings (SSSR count). The molecule has 148 valence electrons. The minimum atomic E-state index is -0.164. The summed E-state index contributed by atoms with van der Waals surface area (Å²) in [5.41, 5.74) is 2.04. The largest absolute Gasteiger partial charge is 0.379 e. The fourth-order valence-corrected chi connectivity index (χ4v) is 4.58. The van der Waals surface area contributed by atoms with Crippen LogP contribution in [0.5, 0.6) is 0 Å². The average Bonchev–Trinajstić information content (AvgIpc) is 2.79. The molecule has 4 heteroatoms. The van der Waals surface area contributed by atoms with E-state index in [4.69, 9.17) is 4.74 Å². The summed E-state index contributed by atoms with van der Waals surface area (Å²) in [5, 5.41) is 0. The van der Waals surface area contributed by atoms with Crippen molar-refractivity contribution in [3.05, 3.63) is 71.8 Å². The molecule has 0 N–H and O–H groups in total. The van der Waals surface area contributed by atoms with E-state index in [1.54, 1.807) is 0 Å². The molecule has 28 heavy (non-hydrogen) atoms. The summed E-state index contributed by atoms with van der Waals surface area (Å²) in [7, 11) is 0. The number of likely N-dealkylation sites (tertiary alicyclic amines) is 1. The Morgan fingerprint density at radius 2 is 1.36 bits per heavy atom. The zero-order chi connectivity index (χ0) is 19.2. The fraction of sp³-hybridized carbons (Fsp3) is 0.458. The minimum Gasteiger partial charge on any atom is -0.379 e. The Hall–Kier alpha value is -2.01. The maximum Gasteiger partial charge on any atom is 0.181 e. The molecule has 2 aromatic carbocycles. The van der Waals surface area contributed by atoms with Crippen molar-refractivity contribution in [3.8, 4) is 0 Å². The van der Waals surface area contributed by atoms with E-state index < -0.39 is 0 Å². The van der Waals surface area contributed by atoms with E-state index in [0.29, 0.717) is 0 Å². The van der Waals surface area contributed by atoms with Gasteiger partial charge in [-0.25, -0.2) is 0 Å². The van der Waals surface area contributed by atoms with E-state index in [1.807, 2.05) is 30.3 Å². The van der Waals surface area contributed by atoms with E-state index in [2.05, 4.69) is 40.1 Å². The molecule has 0 unspecified atom stereocenters. The summed E-state index contributed by atoms with van der Waals surface area (Å²) in [6.45, 7) is 5.19. The molecule has 2 aromatic rings. The quantitative estimate of drug-likeness (QED) is 0.716. The van der Waals surface area contributed by atoms with Crippen molar-refractivity contribution in [1.82, 2.24) is 9.80 Å². The Kier molecular flexibility index (Phi) is 6.53. The number of morpholine rings is 1. The standard InChI is InChI=1S/C24H30N2O2/c27-24(21-12-6-2-7-13-21)23(25-14-8-3-9-15-25)22(20-10-4-1-5-11-20)26-16-18-28-19-17-26/h1-2,4-7,10-13,22-23H,3,8-9,14-19H2/t22-,23+/m0/s1. The van der Waals surface area contributed by atoms with Crippen molar-refractivity contribution in [3.63, 3.8) is 0 Å². The van der Waals surface area contributed by atoms with Crippen molar-refractivity contribution >= 4 is 5.78 Å². The zero-order valence-electron chi connectivity index (χ0n) is 16.5. The second kappa shape index (κ2) is 9.46. The summed E-state index contributed by atoms with van der Waals surface area (Å²) < 4.78 is 5.62. The van der Waals surface area contributed by atoms with Crippen LogP contribution in [0.4, 0.5) is 0 Å². The number of piperidine rings is 1. The van der Waals surface area contributed by atoms with Gasteiger partial charge in [-0.3, -0.25) is 14.6 Å². The number of ketones is 1. The van der Waals surface area contributed by atoms with Crippen LogP contribution in [0.2, 0.25) is 0 Å². The Morgan fingerprint density at radius 3 is 2.00 bits per heavy atom. The average molecular weight is 379 g/mol. The molecular formula is C24H30N2O2. The molecule has 2 aliphatic rings. The van der Waals surface area contributed by atoms with Gasteiger partial charge in [0, 0.05) is 18.7 Å². The van der Waals surface area contributed by atoms with Crippen molar-refractivity contribution in [1.29, 1.82) is 0 Å². The van der Waals surface area contributed by atoms with Crippen molar-refractivity contribution < 1.29 is 9.53 Å². The lowest BCUT2D eigenvalue weighted by Gasteiger charge is -2.44. The smallest absolute Gasteiger partial charge is 0.181 e. The first-order valence-corrected chi connectivity index (χ1v) is 10.5. The maximum atomic E-state index is 13.8. The third-order valence-corrected chi connectivity index (χ3v) is 5.99. The number of Topliss-reactive ketones (excluding diaryl/α,β-unsaturated/α-hetero) is 1. The lowest BCUT2D eigenvalue weighted by Crippen LogP contribution is -2.54. The minimum absolute atomic E-state index is 0.0518. The Balaban J connectivity index is 1.74. The van der Waals surface area contributed by atoms with Gasteiger partial charge in [0.25, 0.3) is 0 Å².